The predicted molar refractivity (Wildman–Crippen MR) is 107 cm³/mol. The Labute approximate surface area is 164 Å². The first-order valence-corrected chi connectivity index (χ1v) is 9.93. The molecule has 7 heteroatoms. The van der Waals surface area contributed by atoms with Crippen molar-refractivity contribution >= 4 is 17.1 Å². The second-order valence-corrected chi connectivity index (χ2v) is 8.69. The maximum Gasteiger partial charge on any atom is 0.318 e. The third kappa shape index (κ3) is 2.68. The monoisotopic (exact) mass is 378 g/mol. The number of likely N-dealkylation sites (tertiary alicyclic amines) is 1. The van der Waals surface area contributed by atoms with Crippen molar-refractivity contribution in [2.75, 3.05) is 6.54 Å². The van der Waals surface area contributed by atoms with E-state index in [4.69, 9.17) is 4.98 Å². The van der Waals surface area contributed by atoms with Gasteiger partial charge in [-0.25, -0.2) is 14.8 Å². The lowest BCUT2D eigenvalue weighted by Gasteiger charge is -2.53. The van der Waals surface area contributed by atoms with Crippen LogP contribution in [0.2, 0.25) is 0 Å². The van der Waals surface area contributed by atoms with Crippen LogP contribution < -0.4 is 5.32 Å². The number of imidazole rings is 2. The fraction of sp³-hybridized carbons (Fsp3) is 0.476. The quantitative estimate of drug-likeness (QED) is 0.757. The molecule has 28 heavy (non-hydrogen) atoms. The Kier molecular flexibility index (Phi) is 3.76. The Hall–Kier alpha value is -2.83. The molecule has 3 heterocycles. The van der Waals surface area contributed by atoms with Gasteiger partial charge >= 0.3 is 6.03 Å². The summed E-state index contributed by atoms with van der Waals surface area (Å²) in [5.74, 6) is 1.86. The van der Waals surface area contributed by atoms with E-state index in [-0.39, 0.29) is 17.5 Å². The number of rotatable bonds is 4. The zero-order valence-electron chi connectivity index (χ0n) is 16.6. The Bertz CT molecular complexity index is 1040. The molecule has 1 aromatic carbocycles. The van der Waals surface area contributed by atoms with Gasteiger partial charge in [0.1, 0.15) is 11.6 Å². The van der Waals surface area contributed by atoms with Gasteiger partial charge in [0.15, 0.2) is 0 Å². The SMILES string of the molecule is Cn1ccnc1C1N(C(=O)NCc2nc3ccccc3n2C2CC2)CC1(C)C. The van der Waals surface area contributed by atoms with Gasteiger partial charge in [-0.2, -0.15) is 0 Å². The average Bonchev–Trinajstić information content (AvgIpc) is 3.31. The Balaban J connectivity index is 1.35. The van der Waals surface area contributed by atoms with E-state index in [9.17, 15) is 4.79 Å². The number of aryl methyl sites for hydroxylation is 1. The Morgan fingerprint density at radius 1 is 1.29 bits per heavy atom. The zero-order valence-corrected chi connectivity index (χ0v) is 16.6. The average molecular weight is 378 g/mol. The van der Waals surface area contributed by atoms with E-state index in [0.717, 1.165) is 29.2 Å². The maximum atomic E-state index is 13.0. The first-order valence-electron chi connectivity index (χ1n) is 9.93. The summed E-state index contributed by atoms with van der Waals surface area (Å²) in [7, 11) is 1.98. The van der Waals surface area contributed by atoms with Crippen molar-refractivity contribution in [2.45, 2.75) is 45.3 Å². The van der Waals surface area contributed by atoms with E-state index in [1.54, 1.807) is 6.20 Å². The number of carbonyl (C=O) groups excluding carboxylic acids is 1. The topological polar surface area (TPSA) is 68.0 Å². The molecule has 146 valence electrons. The molecule has 1 unspecified atom stereocenters. The number of nitrogens with one attached hydrogen (secondary N) is 1. The van der Waals surface area contributed by atoms with Crippen LogP contribution in [0.1, 0.15) is 50.4 Å². The van der Waals surface area contributed by atoms with Crippen LogP contribution in [0, 0.1) is 5.41 Å². The lowest BCUT2D eigenvalue weighted by atomic mass is 9.74. The number of hydrogen-bond acceptors (Lipinski definition) is 3. The van der Waals surface area contributed by atoms with Gasteiger partial charge in [0.05, 0.1) is 23.6 Å². The summed E-state index contributed by atoms with van der Waals surface area (Å²) in [6.45, 7) is 5.52. The van der Waals surface area contributed by atoms with E-state index >= 15 is 0 Å². The van der Waals surface area contributed by atoms with Crippen LogP contribution in [0.15, 0.2) is 36.7 Å². The molecule has 0 radical (unpaired) electrons. The highest BCUT2D eigenvalue weighted by Crippen LogP contribution is 2.47. The van der Waals surface area contributed by atoms with Gasteiger partial charge in [-0.3, -0.25) is 0 Å². The summed E-state index contributed by atoms with van der Waals surface area (Å²) in [5, 5.41) is 3.10. The van der Waals surface area contributed by atoms with E-state index < -0.39 is 0 Å². The minimum Gasteiger partial charge on any atom is -0.336 e. The van der Waals surface area contributed by atoms with Gasteiger partial charge in [0, 0.05) is 37.4 Å². The Morgan fingerprint density at radius 2 is 2.07 bits per heavy atom. The van der Waals surface area contributed by atoms with Crippen molar-refractivity contribution in [1.29, 1.82) is 0 Å². The van der Waals surface area contributed by atoms with Gasteiger partial charge in [0.25, 0.3) is 0 Å². The smallest absolute Gasteiger partial charge is 0.318 e. The molecule has 1 atom stereocenters. The lowest BCUT2D eigenvalue weighted by molar-refractivity contribution is -0.0231. The van der Waals surface area contributed by atoms with E-state index in [0.29, 0.717) is 12.6 Å². The molecule has 1 aliphatic carbocycles. The first kappa shape index (κ1) is 17.3. The molecule has 1 saturated carbocycles. The molecular weight excluding hydrogens is 352 g/mol. The zero-order chi connectivity index (χ0) is 19.5. The standard InChI is InChI=1S/C21H26N6O/c1-21(2)13-26(18(21)19-22-10-11-25(19)3)20(28)23-12-17-24-15-6-4-5-7-16(15)27(17)14-8-9-14/h4-7,10-11,14,18H,8-9,12-13H2,1-3H3,(H,23,28). The maximum absolute atomic E-state index is 13.0. The fourth-order valence-electron chi connectivity index (χ4n) is 4.46. The molecule has 3 aromatic rings. The van der Waals surface area contributed by atoms with Crippen LogP contribution in [0.4, 0.5) is 4.79 Å². The minimum atomic E-state index is -0.0540. The highest BCUT2D eigenvalue weighted by molar-refractivity contribution is 5.78. The molecule has 1 N–H and O–H groups in total. The fourth-order valence-corrected chi connectivity index (χ4v) is 4.46. The van der Waals surface area contributed by atoms with Crippen LogP contribution in [0.25, 0.3) is 11.0 Å². The summed E-state index contributed by atoms with van der Waals surface area (Å²) in [4.78, 5) is 24.1. The summed E-state index contributed by atoms with van der Waals surface area (Å²) in [6, 6.07) is 8.65. The van der Waals surface area contributed by atoms with Crippen molar-refractivity contribution in [3.05, 3.63) is 48.3 Å². The molecule has 2 aliphatic rings. The first-order chi connectivity index (χ1) is 13.5. The summed E-state index contributed by atoms with van der Waals surface area (Å²) in [6.07, 6.45) is 6.08. The van der Waals surface area contributed by atoms with Crippen LogP contribution in [0.3, 0.4) is 0 Å². The van der Waals surface area contributed by atoms with Crippen molar-refractivity contribution in [2.24, 2.45) is 12.5 Å². The third-order valence-electron chi connectivity index (χ3n) is 5.97. The summed E-state index contributed by atoms with van der Waals surface area (Å²) < 4.78 is 4.30. The number of fused-ring (bicyclic) bond motifs is 1. The number of benzene rings is 1. The molecular formula is C21H26N6O. The second-order valence-electron chi connectivity index (χ2n) is 8.69. The molecule has 1 saturated heterocycles. The molecule has 2 fully saturated rings. The number of para-hydroxylation sites is 2. The van der Waals surface area contributed by atoms with Crippen LogP contribution in [0.5, 0.6) is 0 Å². The van der Waals surface area contributed by atoms with E-state index in [1.807, 2.05) is 40.9 Å². The van der Waals surface area contributed by atoms with Gasteiger partial charge in [-0.05, 0) is 25.0 Å². The lowest BCUT2D eigenvalue weighted by Crippen LogP contribution is -2.60. The van der Waals surface area contributed by atoms with Crippen molar-refractivity contribution in [3.63, 3.8) is 0 Å². The van der Waals surface area contributed by atoms with Gasteiger partial charge in [0.2, 0.25) is 0 Å². The number of urea groups is 1. The molecule has 7 nitrogen and oxygen atoms in total. The van der Waals surface area contributed by atoms with E-state index in [1.165, 1.54) is 12.8 Å². The van der Waals surface area contributed by atoms with Crippen molar-refractivity contribution in [1.82, 2.24) is 29.3 Å². The summed E-state index contributed by atoms with van der Waals surface area (Å²) in [5.41, 5.74) is 2.16. The van der Waals surface area contributed by atoms with Gasteiger partial charge in [-0.15, -0.1) is 0 Å². The van der Waals surface area contributed by atoms with Gasteiger partial charge in [-0.1, -0.05) is 26.0 Å². The minimum absolute atomic E-state index is 0.0115. The number of carbonyl (C=O) groups is 1. The molecule has 1 aliphatic heterocycles. The molecule has 5 rings (SSSR count). The number of aromatic nitrogens is 4. The van der Waals surface area contributed by atoms with Crippen LogP contribution in [-0.4, -0.2) is 36.6 Å². The molecule has 0 spiro atoms. The number of hydrogen-bond donors (Lipinski definition) is 1. The third-order valence-corrected chi connectivity index (χ3v) is 5.97. The number of amides is 2. The number of nitrogens with zero attached hydrogens (tertiary/aromatic N) is 5. The highest BCUT2D eigenvalue weighted by atomic mass is 16.2. The molecule has 2 amide bonds. The van der Waals surface area contributed by atoms with Crippen LogP contribution >= 0.6 is 0 Å². The second kappa shape index (κ2) is 6.09. The van der Waals surface area contributed by atoms with E-state index in [2.05, 4.69) is 34.8 Å². The largest absolute Gasteiger partial charge is 0.336 e. The van der Waals surface area contributed by atoms with Crippen molar-refractivity contribution in [3.8, 4) is 0 Å². The molecule has 0 bridgehead atoms. The van der Waals surface area contributed by atoms with Crippen LogP contribution in [-0.2, 0) is 13.6 Å². The molecule has 2 aromatic heterocycles. The summed E-state index contributed by atoms with van der Waals surface area (Å²) >= 11 is 0. The highest BCUT2D eigenvalue weighted by Gasteiger charge is 2.50. The normalized spacial score (nSPS) is 21.0. The Morgan fingerprint density at radius 3 is 2.75 bits per heavy atom. The predicted octanol–water partition coefficient (Wildman–Crippen LogP) is 3.40. The van der Waals surface area contributed by atoms with Gasteiger partial charge < -0.3 is 19.4 Å². The van der Waals surface area contributed by atoms with Crippen molar-refractivity contribution < 1.29 is 4.79 Å².